The summed E-state index contributed by atoms with van der Waals surface area (Å²) in [5.41, 5.74) is -2.01. The molecule has 0 bridgehead atoms. The number of halogens is 3. The van der Waals surface area contributed by atoms with Crippen molar-refractivity contribution in [3.05, 3.63) is 30.0 Å². The Morgan fingerprint density at radius 3 is 2.21 bits per heavy atom. The molecule has 3 amide bonds. The third kappa shape index (κ3) is 7.02. The number of aromatic nitrogens is 1. The Balaban J connectivity index is 0.000000244. The van der Waals surface area contributed by atoms with Crippen LogP contribution >= 0.6 is 0 Å². The van der Waals surface area contributed by atoms with E-state index in [2.05, 4.69) is 44.3 Å². The summed E-state index contributed by atoms with van der Waals surface area (Å²) >= 11 is 0. The number of aryl methyl sites for hydroxylation is 1. The maximum Gasteiger partial charge on any atom is 0.522 e. The van der Waals surface area contributed by atoms with Gasteiger partial charge in [0.2, 0.25) is 14.2 Å². The number of rotatable bonds is 4. The van der Waals surface area contributed by atoms with Crippen LogP contribution < -0.4 is 15.5 Å². The second-order valence-electron chi connectivity index (χ2n) is 11.4. The number of alkyl halides is 3. The fraction of sp³-hybridized carbons (Fsp3) is 0.600. The number of anilines is 1. The lowest BCUT2D eigenvalue weighted by atomic mass is 9.94. The van der Waals surface area contributed by atoms with E-state index in [0.717, 1.165) is 37.1 Å². The van der Waals surface area contributed by atoms with Gasteiger partial charge in [-0.2, -0.15) is 21.6 Å². The Bertz CT molecular complexity index is 1330. The van der Waals surface area contributed by atoms with Crippen LogP contribution in [0.3, 0.4) is 0 Å². The molecular formula is C25H37F3N4O5SSi. The van der Waals surface area contributed by atoms with Gasteiger partial charge in [-0.15, -0.1) is 0 Å². The Hall–Kier alpha value is -2.42. The molecule has 0 saturated carbocycles. The van der Waals surface area contributed by atoms with Crippen molar-refractivity contribution in [3.63, 3.8) is 0 Å². The summed E-state index contributed by atoms with van der Waals surface area (Å²) in [5.74, 6) is 0.382. The van der Waals surface area contributed by atoms with Crippen molar-refractivity contribution in [1.29, 1.82) is 0 Å². The van der Waals surface area contributed by atoms with Crippen molar-refractivity contribution in [2.75, 3.05) is 24.5 Å². The number of hydrogen-bond donors (Lipinski definition) is 2. The summed E-state index contributed by atoms with van der Waals surface area (Å²) < 4.78 is 64.4. The lowest BCUT2D eigenvalue weighted by Gasteiger charge is -2.35. The molecular weight excluding hydrogens is 553 g/mol. The van der Waals surface area contributed by atoms with Crippen molar-refractivity contribution in [2.24, 2.45) is 7.05 Å². The van der Waals surface area contributed by atoms with Crippen molar-refractivity contribution in [1.82, 2.24) is 15.2 Å². The van der Waals surface area contributed by atoms with E-state index in [-0.39, 0.29) is 11.9 Å². The van der Waals surface area contributed by atoms with Crippen LogP contribution in [0.25, 0.3) is 10.9 Å². The third-order valence-corrected chi connectivity index (χ3v) is 14.3. The van der Waals surface area contributed by atoms with Gasteiger partial charge in [0.15, 0.2) is 0 Å². The molecule has 2 aliphatic rings. The van der Waals surface area contributed by atoms with Crippen molar-refractivity contribution >= 4 is 47.0 Å². The van der Waals surface area contributed by atoms with Gasteiger partial charge in [-0.1, -0.05) is 26.8 Å². The first-order valence-corrected chi connectivity index (χ1v) is 17.1. The number of carbonyl (C=O) groups is 2. The van der Waals surface area contributed by atoms with Crippen LogP contribution in [0.1, 0.15) is 51.6 Å². The first-order valence-electron chi connectivity index (χ1n) is 12.8. The minimum atomic E-state index is -5.48. The highest BCUT2D eigenvalue weighted by Crippen LogP contribution is 2.40. The number of imide groups is 1. The van der Waals surface area contributed by atoms with E-state index in [1.165, 1.54) is 24.2 Å². The van der Waals surface area contributed by atoms with Crippen LogP contribution in [0.2, 0.25) is 18.1 Å². The Morgan fingerprint density at radius 2 is 1.67 bits per heavy atom. The molecule has 0 unspecified atom stereocenters. The average molecular weight is 591 g/mol. The summed E-state index contributed by atoms with van der Waals surface area (Å²) in [5, 5.41) is 6.40. The number of fused-ring (bicyclic) bond motifs is 1. The molecule has 9 nitrogen and oxygen atoms in total. The second-order valence-corrected chi connectivity index (χ2v) is 18.0. The predicted molar refractivity (Wildman–Crippen MR) is 147 cm³/mol. The molecule has 39 heavy (non-hydrogen) atoms. The van der Waals surface area contributed by atoms with Crippen LogP contribution in [0.15, 0.2) is 24.3 Å². The van der Waals surface area contributed by atoms with E-state index >= 15 is 0 Å². The molecule has 0 aliphatic carbocycles. The van der Waals surface area contributed by atoms with Crippen LogP contribution in [-0.2, 0) is 25.8 Å². The Kier molecular flexibility index (Phi) is 8.95. The van der Waals surface area contributed by atoms with Gasteiger partial charge >= 0.3 is 21.7 Å². The molecule has 218 valence electrons. The smallest absolute Gasteiger partial charge is 0.347 e. The number of amides is 3. The maximum atomic E-state index is 12.1. The zero-order chi connectivity index (χ0) is 29.4. The molecule has 2 fully saturated rings. The number of carbonyl (C=O) groups excluding carboxylic acids is 2. The third-order valence-electron chi connectivity index (χ3n) is 7.60. The van der Waals surface area contributed by atoms with Gasteiger partial charge in [0.25, 0.3) is 0 Å². The fourth-order valence-corrected chi connectivity index (χ4v) is 7.85. The van der Waals surface area contributed by atoms with Gasteiger partial charge in [0, 0.05) is 42.7 Å². The minimum absolute atomic E-state index is 0.204. The van der Waals surface area contributed by atoms with E-state index < -0.39 is 29.0 Å². The van der Waals surface area contributed by atoms with Gasteiger partial charge in [-0.05, 0) is 62.3 Å². The van der Waals surface area contributed by atoms with Gasteiger partial charge < -0.3 is 13.8 Å². The van der Waals surface area contributed by atoms with Gasteiger partial charge in [0.1, 0.15) is 0 Å². The molecule has 2 aliphatic heterocycles. The molecule has 1 aromatic carbocycles. The summed E-state index contributed by atoms with van der Waals surface area (Å²) in [6.45, 7) is 10.4. The van der Waals surface area contributed by atoms with Gasteiger partial charge in [-0.3, -0.25) is 15.0 Å². The molecule has 4 rings (SSSR count). The predicted octanol–water partition coefficient (Wildman–Crippen LogP) is 4.95. The lowest BCUT2D eigenvalue weighted by molar-refractivity contribution is -0.120. The molecule has 14 heteroatoms. The summed E-state index contributed by atoms with van der Waals surface area (Å²) in [7, 11) is -6.33. The van der Waals surface area contributed by atoms with Gasteiger partial charge in [0.05, 0.1) is 5.52 Å². The molecule has 2 saturated heterocycles. The number of nitrogens with zero attached hydrogens (tertiary/aromatic N) is 2. The quantitative estimate of drug-likeness (QED) is 0.385. The number of benzene rings is 1. The molecule has 3 heterocycles. The number of nitrogens with one attached hydrogen (secondary N) is 2. The normalized spacial score (nSPS) is 18.1. The van der Waals surface area contributed by atoms with Crippen molar-refractivity contribution in [2.45, 2.75) is 69.6 Å². The molecule has 0 radical (unpaired) electrons. The van der Waals surface area contributed by atoms with Crippen LogP contribution in [0.5, 0.6) is 0 Å². The standard InChI is InChI=1S/C18H22N4O2.C7H15F3O3SSi/c1-21-15(12-4-7-19-8-5-12)10-13-2-3-14(11-16(13)21)22-9-6-17(23)20-18(22)24;1-6(2,3)15(4,5)13-14(11,12)7(8,9)10/h2-3,10-12,19H,4-9H2,1H3,(H,20,23,24);1-5H3. The first-order chi connectivity index (χ1) is 17.8. The average Bonchev–Trinajstić information content (AvgIpc) is 3.14. The molecule has 2 N–H and O–H groups in total. The van der Waals surface area contributed by atoms with Crippen LogP contribution in [0, 0.1) is 0 Å². The van der Waals surface area contributed by atoms with Gasteiger partial charge in [-0.25, -0.2) is 4.79 Å². The summed E-state index contributed by atoms with van der Waals surface area (Å²) in [6, 6.07) is 8.02. The maximum absolute atomic E-state index is 12.1. The number of piperidine rings is 1. The summed E-state index contributed by atoms with van der Waals surface area (Å²) in [6.07, 6.45) is 2.67. The zero-order valence-electron chi connectivity index (χ0n) is 23.1. The van der Waals surface area contributed by atoms with Crippen LogP contribution in [0.4, 0.5) is 23.7 Å². The van der Waals surface area contributed by atoms with E-state index in [4.69, 9.17) is 0 Å². The number of urea groups is 1. The monoisotopic (exact) mass is 590 g/mol. The summed E-state index contributed by atoms with van der Waals surface area (Å²) in [4.78, 5) is 25.0. The highest BCUT2D eigenvalue weighted by Gasteiger charge is 2.53. The topological polar surface area (TPSA) is 110 Å². The highest BCUT2D eigenvalue weighted by molar-refractivity contribution is 7.88. The Morgan fingerprint density at radius 1 is 1.05 bits per heavy atom. The van der Waals surface area contributed by atoms with E-state index in [9.17, 15) is 31.2 Å². The van der Waals surface area contributed by atoms with E-state index in [1.807, 2.05) is 6.07 Å². The van der Waals surface area contributed by atoms with Crippen LogP contribution in [-0.4, -0.2) is 58.4 Å². The largest absolute Gasteiger partial charge is 0.522 e. The fourth-order valence-electron chi connectivity index (χ4n) is 4.27. The molecule has 0 spiro atoms. The van der Waals surface area contributed by atoms with E-state index in [0.29, 0.717) is 18.9 Å². The number of hydrogen-bond acceptors (Lipinski definition) is 6. The zero-order valence-corrected chi connectivity index (χ0v) is 24.9. The highest BCUT2D eigenvalue weighted by atomic mass is 32.2. The lowest BCUT2D eigenvalue weighted by Crippen LogP contribution is -2.49. The van der Waals surface area contributed by atoms with E-state index in [1.54, 1.807) is 25.7 Å². The SMILES string of the molecule is CC(C)(C)[Si](C)(C)OS(=O)(=O)C(F)(F)F.Cn1c(C2CCNCC2)cc2ccc(N3CCC(=O)NC3=O)cc21. The first kappa shape index (κ1) is 31.1. The van der Waals surface area contributed by atoms with Crippen molar-refractivity contribution < 1.29 is 35.1 Å². The second kappa shape index (κ2) is 11.2. The Labute approximate surface area is 228 Å². The van der Waals surface area contributed by atoms with Crippen molar-refractivity contribution in [3.8, 4) is 0 Å². The molecule has 2 aromatic rings. The molecule has 0 atom stereocenters. The molecule has 1 aromatic heterocycles. The minimum Gasteiger partial charge on any atom is -0.347 e.